The highest BCUT2D eigenvalue weighted by Gasteiger charge is 2.42. The van der Waals surface area contributed by atoms with Crippen LogP contribution in [0.3, 0.4) is 0 Å². The number of benzene rings is 6. The zero-order valence-electron chi connectivity index (χ0n) is 37.6. The second-order valence-corrected chi connectivity index (χ2v) is 10.8. The molecule has 0 unspecified atom stereocenters. The predicted molar refractivity (Wildman–Crippen MR) is 182 cm³/mol. The predicted octanol–water partition coefficient (Wildman–Crippen LogP) is 8.76. The van der Waals surface area contributed by atoms with Crippen LogP contribution in [0.4, 0.5) is 17.1 Å². The van der Waals surface area contributed by atoms with E-state index < -0.39 is 96.9 Å². The second kappa shape index (κ2) is 8.75. The molecule has 0 saturated carbocycles. The molecule has 0 bridgehead atoms. The van der Waals surface area contributed by atoms with E-state index in [4.69, 9.17) is 17.8 Å². The summed E-state index contributed by atoms with van der Waals surface area (Å²) in [6.07, 6.45) is -14.0. The van der Waals surface area contributed by atoms with E-state index in [0.717, 1.165) is 38.4 Å². The Morgan fingerprint density at radius 3 is 2.26 bits per heavy atom. The van der Waals surface area contributed by atoms with Crippen molar-refractivity contribution < 1.29 is 20.6 Å². The van der Waals surface area contributed by atoms with Gasteiger partial charge in [-0.05, 0) is 89.0 Å². The average Bonchev–Trinajstić information content (AvgIpc) is 3.53. The maximum atomic E-state index is 9.94. The van der Waals surface area contributed by atoms with Crippen molar-refractivity contribution in [3.8, 4) is 22.3 Å². The van der Waals surface area contributed by atoms with E-state index in [1.807, 2.05) is 54.6 Å². The highest BCUT2D eigenvalue weighted by atomic mass is 15.2. The highest BCUT2D eigenvalue weighted by molar-refractivity contribution is 6.90. The van der Waals surface area contributed by atoms with Gasteiger partial charge in [0.15, 0.2) is 0 Å². The highest BCUT2D eigenvalue weighted by Crippen LogP contribution is 2.47. The molecule has 3 heterocycles. The summed E-state index contributed by atoms with van der Waals surface area (Å²) in [7, 11) is 0. The van der Waals surface area contributed by atoms with Crippen molar-refractivity contribution in [3.05, 3.63) is 138 Å². The van der Waals surface area contributed by atoms with Crippen molar-refractivity contribution >= 4 is 56.6 Å². The zero-order chi connectivity index (χ0) is 41.3. The van der Waals surface area contributed by atoms with Crippen LogP contribution in [0.1, 0.15) is 44.4 Å². The van der Waals surface area contributed by atoms with Crippen LogP contribution in [-0.2, 0) is 12.7 Å². The summed E-state index contributed by atoms with van der Waals surface area (Å²) in [4.78, 5) is 1.57. The Balaban J connectivity index is 1.41. The van der Waals surface area contributed by atoms with Crippen molar-refractivity contribution in [2.75, 3.05) is 4.90 Å². The summed E-state index contributed by atoms with van der Waals surface area (Å²) in [5.74, 6) is 0. The summed E-state index contributed by atoms with van der Waals surface area (Å²) in [5.41, 5.74) is 2.72. The third-order valence-corrected chi connectivity index (χ3v) is 8.74. The standard InChI is InChI=1S/C40H29BN2/c1-2-12-26(13-3-1)33-24-27-14-4-5-15-28(27)25-38(33)42-36-22-9-7-20-34(36)41-39-30(17-11-23-37(39)42)32-19-10-18-31-29-16-6-8-21-35(29)43(41)40(31)32/h1-3,6-13,16-25H,4-5,14-15H2/i1D,2D,3D,4D2,5D2,12D,13D,14D2,15D2,24D,25D. The molecular formula is C40H29BN2. The van der Waals surface area contributed by atoms with Gasteiger partial charge in [-0.2, -0.15) is 0 Å². The molecule has 0 atom stereocenters. The van der Waals surface area contributed by atoms with Crippen LogP contribution in [0.2, 0.25) is 0 Å². The Hall–Kier alpha value is -5.02. The minimum absolute atomic E-state index is 0.346. The van der Waals surface area contributed by atoms with Crippen molar-refractivity contribution in [3.63, 3.8) is 0 Å². The lowest BCUT2D eigenvalue weighted by molar-refractivity contribution is 0.686. The van der Waals surface area contributed by atoms with Crippen LogP contribution < -0.4 is 15.8 Å². The molecule has 43 heavy (non-hydrogen) atoms. The van der Waals surface area contributed by atoms with E-state index in [1.165, 1.54) is 0 Å². The van der Waals surface area contributed by atoms with Crippen LogP contribution in [0, 0.1) is 0 Å². The van der Waals surface area contributed by atoms with Gasteiger partial charge >= 0.3 is 6.85 Å². The molecule has 0 N–H and O–H groups in total. The lowest BCUT2D eigenvalue weighted by Crippen LogP contribution is -2.56. The quantitative estimate of drug-likeness (QED) is 0.191. The molecule has 10 rings (SSSR count). The molecule has 2 aliphatic heterocycles. The molecule has 0 spiro atoms. The van der Waals surface area contributed by atoms with Crippen molar-refractivity contribution in [2.24, 2.45) is 0 Å². The Kier molecular flexibility index (Phi) is 2.75. The lowest BCUT2D eigenvalue weighted by atomic mass is 9.45. The van der Waals surface area contributed by atoms with Crippen molar-refractivity contribution in [1.82, 2.24) is 4.48 Å². The maximum Gasteiger partial charge on any atom is 0.333 e. The van der Waals surface area contributed by atoms with E-state index in [-0.39, 0.29) is 5.69 Å². The molecule has 1 aromatic heterocycles. The van der Waals surface area contributed by atoms with Gasteiger partial charge in [-0.1, -0.05) is 96.9 Å². The SMILES string of the molecule is [2H]c1c([2H])c([2H])c(-c2c([2H])c3c(c([2H])c2N2c4ccccc4B4c5c(cccc52)-c2cccc5c6ccccc6n4c25)C([2H])([2H])C([2H])([2H])C([2H])([2H])C3([2H])[2H])c([2H])c1[2H]. The van der Waals surface area contributed by atoms with Gasteiger partial charge in [0.25, 0.3) is 0 Å². The van der Waals surface area contributed by atoms with E-state index in [0.29, 0.717) is 16.8 Å². The summed E-state index contributed by atoms with van der Waals surface area (Å²) >= 11 is 0. The van der Waals surface area contributed by atoms with Crippen LogP contribution in [0.25, 0.3) is 44.1 Å². The first-order valence-corrected chi connectivity index (χ1v) is 14.1. The van der Waals surface area contributed by atoms with E-state index >= 15 is 0 Å². The second-order valence-electron chi connectivity index (χ2n) is 10.8. The number of hydrogen-bond acceptors (Lipinski definition) is 1. The first-order chi connectivity index (χ1) is 27.3. The molecule has 0 saturated heterocycles. The van der Waals surface area contributed by atoms with Crippen LogP contribution in [0.5, 0.6) is 0 Å². The van der Waals surface area contributed by atoms with Gasteiger partial charge < -0.3 is 9.38 Å². The molecule has 3 heteroatoms. The fraction of sp³-hybridized carbons (Fsp3) is 0.100. The molecule has 1 aliphatic carbocycles. The van der Waals surface area contributed by atoms with E-state index in [1.54, 1.807) is 23.1 Å². The number of para-hydroxylation sites is 3. The third kappa shape index (κ3) is 3.14. The van der Waals surface area contributed by atoms with E-state index in [2.05, 4.69) is 16.6 Å². The number of hydrogen-bond donors (Lipinski definition) is 0. The van der Waals surface area contributed by atoms with E-state index in [9.17, 15) is 2.74 Å². The van der Waals surface area contributed by atoms with Crippen LogP contribution in [0.15, 0.2) is 127 Å². The van der Waals surface area contributed by atoms with Gasteiger partial charge in [-0.25, -0.2) is 0 Å². The molecular weight excluding hydrogens is 519 g/mol. The van der Waals surface area contributed by atoms with Gasteiger partial charge in [0.05, 0.1) is 15.3 Å². The number of nitrogens with zero attached hydrogens (tertiary/aromatic N) is 2. The minimum atomic E-state index is -3.60. The summed E-state index contributed by atoms with van der Waals surface area (Å²) in [6.45, 7) is -0.468. The smallest absolute Gasteiger partial charge is 0.333 e. The van der Waals surface area contributed by atoms with Gasteiger partial charge in [0, 0.05) is 55.3 Å². The fourth-order valence-electron chi connectivity index (χ4n) is 7.11. The number of aromatic nitrogens is 1. The topological polar surface area (TPSA) is 8.17 Å². The number of rotatable bonds is 2. The molecule has 3 aliphatic rings. The fourth-order valence-corrected chi connectivity index (χ4v) is 7.11. The van der Waals surface area contributed by atoms with Crippen LogP contribution >= 0.6 is 0 Å². The monoisotopic (exact) mass is 563 g/mol. The lowest BCUT2D eigenvalue weighted by Gasteiger charge is -2.41. The minimum Gasteiger partial charge on any atom is -0.375 e. The average molecular weight is 564 g/mol. The normalized spacial score (nSPS) is 24.2. The Labute approximate surface area is 273 Å². The Morgan fingerprint density at radius 1 is 0.628 bits per heavy atom. The van der Waals surface area contributed by atoms with Gasteiger partial charge in [0.1, 0.15) is 0 Å². The largest absolute Gasteiger partial charge is 0.375 e. The Morgan fingerprint density at radius 2 is 1.35 bits per heavy atom. The molecule has 6 aromatic carbocycles. The molecule has 0 radical (unpaired) electrons. The van der Waals surface area contributed by atoms with Gasteiger partial charge in [-0.3, -0.25) is 0 Å². The molecule has 0 amide bonds. The maximum absolute atomic E-state index is 9.94. The van der Waals surface area contributed by atoms with Gasteiger partial charge in [-0.15, -0.1) is 0 Å². The summed E-state index contributed by atoms with van der Waals surface area (Å²) in [5, 5.41) is 2.07. The molecule has 7 aromatic rings. The summed E-state index contributed by atoms with van der Waals surface area (Å²) < 4.78 is 137. The number of anilines is 3. The van der Waals surface area contributed by atoms with Crippen molar-refractivity contribution in [2.45, 2.75) is 25.5 Å². The summed E-state index contributed by atoms with van der Waals surface area (Å²) in [6, 6.07) is 21.3. The first-order valence-electron chi connectivity index (χ1n) is 21.6. The van der Waals surface area contributed by atoms with Crippen molar-refractivity contribution in [1.29, 1.82) is 0 Å². The number of fused-ring (bicyclic) bond motifs is 8. The third-order valence-electron chi connectivity index (χ3n) is 8.74. The molecule has 202 valence electrons. The molecule has 2 nitrogen and oxygen atoms in total. The Bertz CT molecular complexity index is 3000. The van der Waals surface area contributed by atoms with Crippen LogP contribution in [-0.4, -0.2) is 11.3 Å². The molecule has 0 fully saturated rings. The first kappa shape index (κ1) is 13.5. The zero-order valence-corrected chi connectivity index (χ0v) is 22.6. The van der Waals surface area contributed by atoms with Gasteiger partial charge in [0.2, 0.25) is 0 Å².